The van der Waals surface area contributed by atoms with Gasteiger partial charge in [0.25, 0.3) is 5.56 Å². The zero-order valence-corrected chi connectivity index (χ0v) is 15.5. The fourth-order valence-electron chi connectivity index (χ4n) is 2.61. The number of amides is 1. The predicted octanol–water partition coefficient (Wildman–Crippen LogP) is 1.94. The van der Waals surface area contributed by atoms with Crippen LogP contribution < -0.4 is 10.9 Å². The van der Waals surface area contributed by atoms with E-state index in [0.717, 1.165) is 35.6 Å². The average molecular weight is 367 g/mol. The second kappa shape index (κ2) is 7.67. The van der Waals surface area contributed by atoms with Crippen molar-refractivity contribution in [3.05, 3.63) is 21.3 Å². The first-order valence-corrected chi connectivity index (χ1v) is 9.89. The van der Waals surface area contributed by atoms with Crippen LogP contribution in [0.1, 0.15) is 24.6 Å². The van der Waals surface area contributed by atoms with Crippen molar-refractivity contribution in [2.24, 2.45) is 7.05 Å². The molecule has 1 aliphatic heterocycles. The molecule has 2 aromatic heterocycles. The van der Waals surface area contributed by atoms with Crippen molar-refractivity contribution >= 4 is 39.2 Å². The third kappa shape index (κ3) is 3.81. The summed E-state index contributed by atoms with van der Waals surface area (Å²) in [5.41, 5.74) is -0.0572. The van der Waals surface area contributed by atoms with Crippen LogP contribution >= 0.6 is 23.1 Å². The number of rotatable bonds is 6. The summed E-state index contributed by atoms with van der Waals surface area (Å²) in [5.74, 6) is 0.176. The smallest absolute Gasteiger partial charge is 0.262 e. The van der Waals surface area contributed by atoms with Crippen LogP contribution in [-0.2, 0) is 23.0 Å². The van der Waals surface area contributed by atoms with E-state index in [1.165, 1.54) is 16.3 Å². The predicted molar refractivity (Wildman–Crippen MR) is 96.9 cm³/mol. The van der Waals surface area contributed by atoms with Crippen molar-refractivity contribution < 1.29 is 9.53 Å². The van der Waals surface area contributed by atoms with Crippen LogP contribution in [0.4, 0.5) is 0 Å². The number of aryl methyl sites for hydroxylation is 1. The standard InChI is InChI=1S/C16H21N3O3S2/c1-3-11-7-12-14(24-11)18-16(19(2)15(12)21)23-9-13(20)17-8-10-5-4-6-22-10/h7,10H,3-6,8-9H2,1-2H3,(H,17,20). The number of hydrogen-bond acceptors (Lipinski definition) is 6. The molecule has 0 aromatic carbocycles. The van der Waals surface area contributed by atoms with Gasteiger partial charge in [-0.2, -0.15) is 0 Å². The molecule has 8 heteroatoms. The number of thioether (sulfide) groups is 1. The molecule has 1 atom stereocenters. The first-order chi connectivity index (χ1) is 11.6. The minimum absolute atomic E-state index is 0.0572. The Morgan fingerprint density at radius 2 is 2.42 bits per heavy atom. The highest BCUT2D eigenvalue weighted by atomic mass is 32.2. The lowest BCUT2D eigenvalue weighted by Gasteiger charge is -2.11. The van der Waals surface area contributed by atoms with Crippen molar-refractivity contribution in [2.45, 2.75) is 37.4 Å². The fraction of sp³-hybridized carbons (Fsp3) is 0.562. The van der Waals surface area contributed by atoms with Gasteiger partial charge in [0, 0.05) is 25.1 Å². The Balaban J connectivity index is 1.64. The number of fused-ring (bicyclic) bond motifs is 1. The minimum atomic E-state index is -0.0646. The average Bonchev–Trinajstić information content (AvgIpc) is 3.24. The molecule has 0 bridgehead atoms. The molecule has 2 aromatic rings. The van der Waals surface area contributed by atoms with E-state index >= 15 is 0 Å². The van der Waals surface area contributed by atoms with Gasteiger partial charge >= 0.3 is 0 Å². The molecule has 0 spiro atoms. The maximum absolute atomic E-state index is 12.4. The molecule has 1 saturated heterocycles. The maximum atomic E-state index is 12.4. The Kier molecular flexibility index (Phi) is 5.57. The van der Waals surface area contributed by atoms with E-state index in [9.17, 15) is 9.59 Å². The summed E-state index contributed by atoms with van der Waals surface area (Å²) < 4.78 is 7.00. The first-order valence-electron chi connectivity index (χ1n) is 8.09. The van der Waals surface area contributed by atoms with Gasteiger partial charge in [-0.05, 0) is 25.3 Å². The van der Waals surface area contributed by atoms with Gasteiger partial charge in [0.1, 0.15) is 4.83 Å². The third-order valence-electron chi connectivity index (χ3n) is 4.01. The van der Waals surface area contributed by atoms with Crippen molar-refractivity contribution in [1.82, 2.24) is 14.9 Å². The van der Waals surface area contributed by atoms with Crippen molar-refractivity contribution in [3.63, 3.8) is 0 Å². The van der Waals surface area contributed by atoms with Crippen LogP contribution in [0, 0.1) is 0 Å². The maximum Gasteiger partial charge on any atom is 0.262 e. The topological polar surface area (TPSA) is 73.2 Å². The van der Waals surface area contributed by atoms with Crippen molar-refractivity contribution in [2.75, 3.05) is 18.9 Å². The quantitative estimate of drug-likeness (QED) is 0.624. The van der Waals surface area contributed by atoms with Gasteiger partial charge in [-0.1, -0.05) is 18.7 Å². The molecule has 1 N–H and O–H groups in total. The van der Waals surface area contributed by atoms with E-state index in [-0.39, 0.29) is 23.3 Å². The van der Waals surface area contributed by atoms with Gasteiger partial charge in [0.2, 0.25) is 5.91 Å². The highest BCUT2D eigenvalue weighted by Crippen LogP contribution is 2.24. The van der Waals surface area contributed by atoms with Crippen molar-refractivity contribution in [1.29, 1.82) is 0 Å². The van der Waals surface area contributed by atoms with Crippen molar-refractivity contribution in [3.8, 4) is 0 Å². The van der Waals surface area contributed by atoms with Crippen LogP contribution in [0.2, 0.25) is 0 Å². The second-order valence-electron chi connectivity index (χ2n) is 5.77. The Hall–Kier alpha value is -1.38. The number of carbonyl (C=O) groups is 1. The Morgan fingerprint density at radius 1 is 1.58 bits per heavy atom. The monoisotopic (exact) mass is 367 g/mol. The van der Waals surface area contributed by atoms with Gasteiger partial charge < -0.3 is 10.1 Å². The fourth-order valence-corrected chi connectivity index (χ4v) is 4.42. The zero-order valence-electron chi connectivity index (χ0n) is 13.8. The second-order valence-corrected chi connectivity index (χ2v) is 7.83. The van der Waals surface area contributed by atoms with Crippen LogP contribution in [0.3, 0.4) is 0 Å². The molecule has 1 aliphatic rings. The van der Waals surface area contributed by atoms with Crippen LogP contribution in [0.15, 0.2) is 16.0 Å². The molecule has 3 rings (SSSR count). The summed E-state index contributed by atoms with van der Waals surface area (Å²) in [6, 6.07) is 1.91. The van der Waals surface area contributed by atoms with Gasteiger partial charge in [0.15, 0.2) is 5.16 Å². The molecule has 6 nitrogen and oxygen atoms in total. The first kappa shape index (κ1) is 17.4. The summed E-state index contributed by atoms with van der Waals surface area (Å²) in [6.07, 6.45) is 3.08. The van der Waals surface area contributed by atoms with E-state index in [4.69, 9.17) is 4.74 Å². The van der Waals surface area contributed by atoms with E-state index in [0.29, 0.717) is 17.1 Å². The molecule has 0 radical (unpaired) electrons. The van der Waals surface area contributed by atoms with Gasteiger partial charge in [-0.3, -0.25) is 14.2 Å². The van der Waals surface area contributed by atoms with Gasteiger partial charge in [-0.25, -0.2) is 4.98 Å². The number of ether oxygens (including phenoxy) is 1. The molecule has 0 aliphatic carbocycles. The van der Waals surface area contributed by atoms with E-state index in [1.54, 1.807) is 18.4 Å². The number of nitrogens with zero attached hydrogens (tertiary/aromatic N) is 2. The Bertz CT molecular complexity index is 794. The minimum Gasteiger partial charge on any atom is -0.376 e. The number of hydrogen-bond donors (Lipinski definition) is 1. The number of carbonyl (C=O) groups excluding carboxylic acids is 1. The zero-order chi connectivity index (χ0) is 17.1. The summed E-state index contributed by atoms with van der Waals surface area (Å²) in [5, 5.41) is 4.11. The lowest BCUT2D eigenvalue weighted by molar-refractivity contribution is -0.119. The van der Waals surface area contributed by atoms with Crippen LogP contribution in [0.5, 0.6) is 0 Å². The highest BCUT2D eigenvalue weighted by molar-refractivity contribution is 7.99. The Labute approximate surface area is 148 Å². The van der Waals surface area contributed by atoms with E-state index in [1.807, 2.05) is 6.07 Å². The lowest BCUT2D eigenvalue weighted by atomic mass is 10.2. The molecule has 1 amide bonds. The van der Waals surface area contributed by atoms with Gasteiger partial charge in [0.05, 0.1) is 17.2 Å². The SMILES string of the molecule is CCc1cc2c(=O)n(C)c(SCC(=O)NCC3CCCO3)nc2s1. The number of nitrogens with one attached hydrogen (secondary N) is 1. The highest BCUT2D eigenvalue weighted by Gasteiger charge is 2.17. The summed E-state index contributed by atoms with van der Waals surface area (Å²) in [7, 11) is 1.70. The largest absolute Gasteiger partial charge is 0.376 e. The molecule has 24 heavy (non-hydrogen) atoms. The van der Waals surface area contributed by atoms with Crippen LogP contribution in [0.25, 0.3) is 10.2 Å². The molecular formula is C16H21N3O3S2. The summed E-state index contributed by atoms with van der Waals surface area (Å²) in [4.78, 5) is 30.9. The van der Waals surface area contributed by atoms with Gasteiger partial charge in [-0.15, -0.1) is 11.3 Å². The van der Waals surface area contributed by atoms with E-state index < -0.39 is 0 Å². The third-order valence-corrected chi connectivity index (χ3v) is 6.22. The van der Waals surface area contributed by atoms with Crippen LogP contribution in [-0.4, -0.2) is 40.5 Å². The molecule has 1 fully saturated rings. The normalized spacial score (nSPS) is 17.5. The molecule has 0 saturated carbocycles. The Morgan fingerprint density at radius 3 is 3.12 bits per heavy atom. The molecule has 3 heterocycles. The molecule has 130 valence electrons. The summed E-state index contributed by atoms with van der Waals surface area (Å²) >= 11 is 2.83. The molecular weight excluding hydrogens is 346 g/mol. The van der Waals surface area contributed by atoms with E-state index in [2.05, 4.69) is 17.2 Å². The lowest BCUT2D eigenvalue weighted by Crippen LogP contribution is -2.33. The number of aromatic nitrogens is 2. The summed E-state index contributed by atoms with van der Waals surface area (Å²) in [6.45, 7) is 3.39. The molecule has 1 unspecified atom stereocenters. The number of thiophene rings is 1.